The van der Waals surface area contributed by atoms with Gasteiger partial charge in [-0.05, 0) is 6.42 Å². The van der Waals surface area contributed by atoms with Crippen molar-refractivity contribution in [3.63, 3.8) is 0 Å². The van der Waals surface area contributed by atoms with Gasteiger partial charge in [0.2, 0.25) is 5.91 Å². The Morgan fingerprint density at radius 1 is 1.53 bits per heavy atom. The number of hydrogen-bond donors (Lipinski definition) is 0. The average Bonchev–Trinajstić information content (AvgIpc) is 2.26. The van der Waals surface area contributed by atoms with Crippen LogP contribution in [0.2, 0.25) is 0 Å². The minimum absolute atomic E-state index is 0.00824. The molecule has 86 valence electrons. The van der Waals surface area contributed by atoms with Crippen LogP contribution in [-0.2, 0) is 14.3 Å². The van der Waals surface area contributed by atoms with E-state index < -0.39 is 5.97 Å². The molecule has 0 aliphatic rings. The maximum atomic E-state index is 11.8. The number of esters is 1. The number of nitrogens with zero attached hydrogens (tertiary/aromatic N) is 1. The standard InChI is InChI=1S/C11H19NO3/c1-5-7-12(8-10(13)15-4)11(14)9(3)6-2/h5,9H,1,6-8H2,2-4H3. The Kier molecular flexibility index (Phi) is 6.42. The van der Waals surface area contributed by atoms with Gasteiger partial charge in [0, 0.05) is 12.5 Å². The van der Waals surface area contributed by atoms with Crippen molar-refractivity contribution >= 4 is 11.9 Å². The van der Waals surface area contributed by atoms with Crippen LogP contribution in [0.3, 0.4) is 0 Å². The predicted octanol–water partition coefficient (Wildman–Crippen LogP) is 1.22. The van der Waals surface area contributed by atoms with E-state index in [1.165, 1.54) is 12.0 Å². The summed E-state index contributed by atoms with van der Waals surface area (Å²) in [6.07, 6.45) is 2.36. The lowest BCUT2D eigenvalue weighted by Crippen LogP contribution is -2.39. The molecule has 0 spiro atoms. The number of carbonyl (C=O) groups is 2. The van der Waals surface area contributed by atoms with Gasteiger partial charge in [-0.1, -0.05) is 19.9 Å². The van der Waals surface area contributed by atoms with Crippen molar-refractivity contribution in [1.82, 2.24) is 4.90 Å². The Labute approximate surface area is 90.9 Å². The fourth-order valence-corrected chi connectivity index (χ4v) is 1.09. The summed E-state index contributed by atoms with van der Waals surface area (Å²) < 4.78 is 4.52. The van der Waals surface area contributed by atoms with Crippen LogP contribution in [0.4, 0.5) is 0 Å². The number of hydrogen-bond acceptors (Lipinski definition) is 3. The van der Waals surface area contributed by atoms with Crippen molar-refractivity contribution in [2.75, 3.05) is 20.2 Å². The van der Waals surface area contributed by atoms with E-state index in [2.05, 4.69) is 11.3 Å². The summed E-state index contributed by atoms with van der Waals surface area (Å²) in [5.74, 6) is -0.522. The van der Waals surface area contributed by atoms with Gasteiger partial charge in [0.05, 0.1) is 7.11 Å². The minimum atomic E-state index is -0.409. The molecule has 0 heterocycles. The zero-order valence-corrected chi connectivity index (χ0v) is 9.66. The van der Waals surface area contributed by atoms with Crippen molar-refractivity contribution in [3.05, 3.63) is 12.7 Å². The minimum Gasteiger partial charge on any atom is -0.468 e. The van der Waals surface area contributed by atoms with E-state index in [4.69, 9.17) is 0 Å². The number of carbonyl (C=O) groups excluding carboxylic acids is 2. The Balaban J connectivity index is 4.43. The van der Waals surface area contributed by atoms with Crippen molar-refractivity contribution in [3.8, 4) is 0 Å². The summed E-state index contributed by atoms with van der Waals surface area (Å²) in [5, 5.41) is 0. The zero-order chi connectivity index (χ0) is 11.8. The summed E-state index contributed by atoms with van der Waals surface area (Å²) in [5.41, 5.74) is 0. The van der Waals surface area contributed by atoms with Gasteiger partial charge in [0.25, 0.3) is 0 Å². The molecule has 0 aromatic carbocycles. The van der Waals surface area contributed by atoms with Crippen LogP contribution < -0.4 is 0 Å². The third kappa shape index (κ3) is 4.63. The van der Waals surface area contributed by atoms with Crippen molar-refractivity contribution in [2.45, 2.75) is 20.3 Å². The average molecular weight is 213 g/mol. The molecule has 1 unspecified atom stereocenters. The highest BCUT2D eigenvalue weighted by atomic mass is 16.5. The first kappa shape index (κ1) is 13.7. The molecule has 0 N–H and O–H groups in total. The van der Waals surface area contributed by atoms with Crippen LogP contribution in [0, 0.1) is 5.92 Å². The fraction of sp³-hybridized carbons (Fsp3) is 0.636. The molecule has 0 bridgehead atoms. The second-order valence-corrected chi connectivity index (χ2v) is 3.39. The van der Waals surface area contributed by atoms with Crippen LogP contribution >= 0.6 is 0 Å². The lowest BCUT2D eigenvalue weighted by Gasteiger charge is -2.22. The Morgan fingerprint density at radius 2 is 2.13 bits per heavy atom. The van der Waals surface area contributed by atoms with E-state index >= 15 is 0 Å². The van der Waals surface area contributed by atoms with Gasteiger partial charge in [0.15, 0.2) is 0 Å². The molecule has 0 saturated carbocycles. The summed E-state index contributed by atoms with van der Waals surface area (Å²) >= 11 is 0. The van der Waals surface area contributed by atoms with Crippen LogP contribution in [0.15, 0.2) is 12.7 Å². The molecule has 1 amide bonds. The lowest BCUT2D eigenvalue weighted by molar-refractivity contribution is -0.147. The fourth-order valence-electron chi connectivity index (χ4n) is 1.09. The molecule has 0 aromatic rings. The highest BCUT2D eigenvalue weighted by molar-refractivity contribution is 5.83. The lowest BCUT2D eigenvalue weighted by atomic mass is 10.1. The van der Waals surface area contributed by atoms with Crippen molar-refractivity contribution < 1.29 is 14.3 Å². The van der Waals surface area contributed by atoms with Crippen LogP contribution in [0.25, 0.3) is 0 Å². The van der Waals surface area contributed by atoms with E-state index in [1.54, 1.807) is 6.08 Å². The quantitative estimate of drug-likeness (QED) is 0.492. The van der Waals surface area contributed by atoms with Crippen LogP contribution in [0.1, 0.15) is 20.3 Å². The third-order valence-corrected chi connectivity index (χ3v) is 2.24. The van der Waals surface area contributed by atoms with Gasteiger partial charge >= 0.3 is 5.97 Å². The molecular formula is C11H19NO3. The zero-order valence-electron chi connectivity index (χ0n) is 9.66. The highest BCUT2D eigenvalue weighted by Gasteiger charge is 2.20. The molecule has 15 heavy (non-hydrogen) atoms. The smallest absolute Gasteiger partial charge is 0.325 e. The molecule has 4 heteroatoms. The maximum Gasteiger partial charge on any atom is 0.325 e. The topological polar surface area (TPSA) is 46.6 Å². The largest absolute Gasteiger partial charge is 0.468 e. The summed E-state index contributed by atoms with van der Waals surface area (Å²) in [6.45, 7) is 7.70. The van der Waals surface area contributed by atoms with E-state index in [0.29, 0.717) is 6.54 Å². The first-order chi connectivity index (χ1) is 7.06. The number of ether oxygens (including phenoxy) is 1. The molecule has 0 rings (SSSR count). The van der Waals surface area contributed by atoms with E-state index in [-0.39, 0.29) is 18.4 Å². The SMILES string of the molecule is C=CCN(CC(=O)OC)C(=O)C(C)CC. The molecule has 0 aliphatic carbocycles. The van der Waals surface area contributed by atoms with Gasteiger partial charge in [-0.3, -0.25) is 9.59 Å². The molecule has 4 nitrogen and oxygen atoms in total. The Morgan fingerprint density at radius 3 is 2.53 bits per heavy atom. The molecule has 0 aromatic heterocycles. The van der Waals surface area contributed by atoms with Crippen LogP contribution in [0.5, 0.6) is 0 Å². The summed E-state index contributed by atoms with van der Waals surface area (Å²) in [6, 6.07) is 0. The number of amides is 1. The first-order valence-corrected chi connectivity index (χ1v) is 5.03. The second kappa shape index (κ2) is 7.04. The summed E-state index contributed by atoms with van der Waals surface area (Å²) in [4.78, 5) is 24.3. The molecule has 0 saturated heterocycles. The Hall–Kier alpha value is -1.32. The molecule has 0 aliphatic heterocycles. The molecule has 0 radical (unpaired) electrons. The molecule has 1 atom stereocenters. The van der Waals surface area contributed by atoms with Crippen LogP contribution in [-0.4, -0.2) is 37.0 Å². The van der Waals surface area contributed by atoms with Crippen molar-refractivity contribution in [2.24, 2.45) is 5.92 Å². The van der Waals surface area contributed by atoms with Crippen molar-refractivity contribution in [1.29, 1.82) is 0 Å². The normalized spacial score (nSPS) is 11.7. The number of methoxy groups -OCH3 is 1. The third-order valence-electron chi connectivity index (χ3n) is 2.24. The monoisotopic (exact) mass is 213 g/mol. The number of rotatable bonds is 6. The second-order valence-electron chi connectivity index (χ2n) is 3.39. The van der Waals surface area contributed by atoms with E-state index in [0.717, 1.165) is 6.42 Å². The highest BCUT2D eigenvalue weighted by Crippen LogP contribution is 2.06. The van der Waals surface area contributed by atoms with Gasteiger partial charge in [0.1, 0.15) is 6.54 Å². The van der Waals surface area contributed by atoms with Gasteiger partial charge in [-0.25, -0.2) is 0 Å². The van der Waals surface area contributed by atoms with E-state index in [9.17, 15) is 9.59 Å². The van der Waals surface area contributed by atoms with Gasteiger partial charge in [-0.2, -0.15) is 0 Å². The predicted molar refractivity (Wildman–Crippen MR) is 58.2 cm³/mol. The Bertz CT molecular complexity index is 238. The summed E-state index contributed by atoms with van der Waals surface area (Å²) in [7, 11) is 1.31. The molecule has 0 fully saturated rings. The van der Waals surface area contributed by atoms with E-state index in [1.807, 2.05) is 13.8 Å². The molecular weight excluding hydrogens is 194 g/mol. The maximum absolute atomic E-state index is 11.8. The van der Waals surface area contributed by atoms with Gasteiger partial charge < -0.3 is 9.64 Å². The van der Waals surface area contributed by atoms with Gasteiger partial charge in [-0.15, -0.1) is 6.58 Å². The first-order valence-electron chi connectivity index (χ1n) is 5.03.